The Labute approximate surface area is 135 Å². The van der Waals surface area contributed by atoms with E-state index < -0.39 is 0 Å². The molecule has 1 aromatic carbocycles. The molecule has 1 aromatic rings. The van der Waals surface area contributed by atoms with E-state index in [1.54, 1.807) is 6.07 Å². The van der Waals surface area contributed by atoms with Gasteiger partial charge < -0.3 is 5.32 Å². The molecule has 1 atom stereocenters. The fraction of sp³-hybridized carbons (Fsp3) is 0.571. The molecule has 19 heavy (non-hydrogen) atoms. The molecule has 1 N–H and O–H groups in total. The third kappa shape index (κ3) is 5.32. The molecule has 0 aromatic heterocycles. The zero-order valence-corrected chi connectivity index (χ0v) is 14.2. The molecule has 0 aliphatic heterocycles. The number of halogens is 4. The quantitative estimate of drug-likeness (QED) is 0.371. The van der Waals surface area contributed by atoms with Gasteiger partial charge in [-0.25, -0.2) is 0 Å². The van der Waals surface area contributed by atoms with E-state index in [1.807, 2.05) is 0 Å². The Bertz CT molecular complexity index is 420. The average molecular weight is 343 g/mol. The van der Waals surface area contributed by atoms with Gasteiger partial charge in [0.15, 0.2) is 0 Å². The van der Waals surface area contributed by atoms with Crippen LogP contribution in [0.3, 0.4) is 0 Å². The van der Waals surface area contributed by atoms with E-state index in [2.05, 4.69) is 19.2 Å². The van der Waals surface area contributed by atoms with Crippen LogP contribution in [0.5, 0.6) is 0 Å². The molecule has 0 fully saturated rings. The Morgan fingerprint density at radius 3 is 2.37 bits per heavy atom. The fourth-order valence-electron chi connectivity index (χ4n) is 1.89. The van der Waals surface area contributed by atoms with Crippen LogP contribution in [0.4, 0.5) is 0 Å². The minimum absolute atomic E-state index is 0.392. The number of hydrogen-bond acceptors (Lipinski definition) is 1. The van der Waals surface area contributed by atoms with Gasteiger partial charge in [0.2, 0.25) is 0 Å². The molecule has 1 unspecified atom stereocenters. The lowest BCUT2D eigenvalue weighted by atomic mass is 9.98. The summed E-state index contributed by atoms with van der Waals surface area (Å²) < 4.78 is 0. The summed E-state index contributed by atoms with van der Waals surface area (Å²) in [5.74, 6) is 0.612. The van der Waals surface area contributed by atoms with Crippen molar-refractivity contribution in [2.45, 2.75) is 33.1 Å². The lowest BCUT2D eigenvalue weighted by Gasteiger charge is -2.14. The van der Waals surface area contributed by atoms with Crippen LogP contribution >= 0.6 is 46.4 Å². The minimum atomic E-state index is 0.392. The zero-order valence-electron chi connectivity index (χ0n) is 11.2. The molecule has 0 radical (unpaired) electrons. The SMILES string of the molecule is CCNCCC(C)CCc1c(Cl)cc(Cl)c(Cl)c1Cl. The van der Waals surface area contributed by atoms with Gasteiger partial charge in [0.1, 0.15) is 0 Å². The summed E-state index contributed by atoms with van der Waals surface area (Å²) >= 11 is 24.3. The van der Waals surface area contributed by atoms with Crippen molar-refractivity contribution in [3.05, 3.63) is 31.7 Å². The molecule has 0 aliphatic rings. The molecular weight excluding hydrogens is 324 g/mol. The van der Waals surface area contributed by atoms with Gasteiger partial charge in [-0.1, -0.05) is 60.3 Å². The second-order valence-corrected chi connectivity index (χ2v) is 6.30. The molecule has 1 nitrogen and oxygen atoms in total. The van der Waals surface area contributed by atoms with Gasteiger partial charge in [0.05, 0.1) is 15.1 Å². The van der Waals surface area contributed by atoms with Crippen LogP contribution in [0.15, 0.2) is 6.07 Å². The van der Waals surface area contributed by atoms with Crippen molar-refractivity contribution in [1.82, 2.24) is 5.32 Å². The van der Waals surface area contributed by atoms with Crippen molar-refractivity contribution >= 4 is 46.4 Å². The summed E-state index contributed by atoms with van der Waals surface area (Å²) in [6, 6.07) is 1.66. The predicted molar refractivity (Wildman–Crippen MR) is 87.1 cm³/mol. The van der Waals surface area contributed by atoms with Crippen LogP contribution in [0.2, 0.25) is 20.1 Å². The summed E-state index contributed by atoms with van der Waals surface area (Å²) in [6.45, 7) is 6.40. The highest BCUT2D eigenvalue weighted by atomic mass is 35.5. The topological polar surface area (TPSA) is 12.0 Å². The van der Waals surface area contributed by atoms with Crippen LogP contribution < -0.4 is 5.32 Å². The molecule has 0 saturated carbocycles. The van der Waals surface area contributed by atoms with Gasteiger partial charge in [-0.3, -0.25) is 0 Å². The van der Waals surface area contributed by atoms with Crippen LogP contribution in [0.1, 0.15) is 32.3 Å². The van der Waals surface area contributed by atoms with Crippen molar-refractivity contribution in [2.24, 2.45) is 5.92 Å². The zero-order chi connectivity index (χ0) is 14.4. The van der Waals surface area contributed by atoms with Crippen molar-refractivity contribution in [2.75, 3.05) is 13.1 Å². The van der Waals surface area contributed by atoms with E-state index in [-0.39, 0.29) is 0 Å². The molecule has 1 rings (SSSR count). The highest BCUT2D eigenvalue weighted by molar-refractivity contribution is 6.49. The Morgan fingerprint density at radius 2 is 1.74 bits per heavy atom. The van der Waals surface area contributed by atoms with Gasteiger partial charge in [-0.05, 0) is 49.9 Å². The van der Waals surface area contributed by atoms with E-state index in [1.165, 1.54) is 0 Å². The molecular formula is C14H19Cl4N. The summed E-state index contributed by atoms with van der Waals surface area (Å²) in [6.07, 6.45) is 3.00. The van der Waals surface area contributed by atoms with Crippen LogP contribution in [0.25, 0.3) is 0 Å². The predicted octanol–water partition coefficient (Wildman–Crippen LogP) is 5.87. The highest BCUT2D eigenvalue weighted by Crippen LogP contribution is 2.38. The van der Waals surface area contributed by atoms with E-state index in [0.29, 0.717) is 26.0 Å². The van der Waals surface area contributed by atoms with Crippen molar-refractivity contribution < 1.29 is 0 Å². The molecule has 5 heteroatoms. The van der Waals surface area contributed by atoms with Crippen molar-refractivity contribution in [3.63, 3.8) is 0 Å². The van der Waals surface area contributed by atoms with Crippen molar-refractivity contribution in [1.29, 1.82) is 0 Å². The summed E-state index contributed by atoms with van der Waals surface area (Å²) in [5.41, 5.74) is 0.896. The summed E-state index contributed by atoms with van der Waals surface area (Å²) in [4.78, 5) is 0. The lowest BCUT2D eigenvalue weighted by molar-refractivity contribution is 0.474. The summed E-state index contributed by atoms with van der Waals surface area (Å²) in [7, 11) is 0. The number of benzene rings is 1. The Morgan fingerprint density at radius 1 is 1.05 bits per heavy atom. The minimum Gasteiger partial charge on any atom is -0.317 e. The first kappa shape index (κ1) is 17.4. The first-order valence-corrected chi connectivity index (χ1v) is 8.01. The fourth-order valence-corrected chi connectivity index (χ4v) is 3.01. The van der Waals surface area contributed by atoms with Crippen LogP contribution in [0, 0.1) is 5.92 Å². The maximum atomic E-state index is 6.20. The Hall–Kier alpha value is 0.340. The lowest BCUT2D eigenvalue weighted by Crippen LogP contribution is -2.16. The molecule has 0 aliphatic carbocycles. The van der Waals surface area contributed by atoms with Gasteiger partial charge in [-0.15, -0.1) is 0 Å². The molecule has 0 amide bonds. The van der Waals surface area contributed by atoms with Gasteiger partial charge in [0.25, 0.3) is 0 Å². The van der Waals surface area contributed by atoms with Crippen molar-refractivity contribution in [3.8, 4) is 0 Å². The van der Waals surface area contributed by atoms with Gasteiger partial charge in [-0.2, -0.15) is 0 Å². The van der Waals surface area contributed by atoms with E-state index >= 15 is 0 Å². The molecule has 108 valence electrons. The molecule has 0 heterocycles. The monoisotopic (exact) mass is 341 g/mol. The third-order valence-electron chi connectivity index (χ3n) is 3.16. The standard InChI is InChI=1S/C14H19Cl4N/c1-3-19-7-6-9(2)4-5-10-11(15)8-12(16)14(18)13(10)17/h8-9,19H,3-7H2,1-2H3. The smallest absolute Gasteiger partial charge is 0.0782 e. The van der Waals surface area contributed by atoms with Gasteiger partial charge >= 0.3 is 0 Å². The Balaban J connectivity index is 2.60. The maximum Gasteiger partial charge on any atom is 0.0782 e. The van der Waals surface area contributed by atoms with Crippen LogP contribution in [-0.4, -0.2) is 13.1 Å². The largest absolute Gasteiger partial charge is 0.317 e. The second-order valence-electron chi connectivity index (χ2n) is 4.73. The second kappa shape index (κ2) is 8.59. The van der Waals surface area contributed by atoms with Crippen LogP contribution in [-0.2, 0) is 6.42 Å². The maximum absolute atomic E-state index is 6.20. The Kier molecular flexibility index (Phi) is 7.86. The van der Waals surface area contributed by atoms with E-state index in [0.717, 1.165) is 37.9 Å². The third-order valence-corrected chi connectivity index (χ3v) is 4.80. The highest BCUT2D eigenvalue weighted by Gasteiger charge is 2.14. The normalized spacial score (nSPS) is 12.7. The first-order valence-electron chi connectivity index (χ1n) is 6.49. The molecule has 0 saturated heterocycles. The number of nitrogens with one attached hydrogen (secondary N) is 1. The van der Waals surface area contributed by atoms with Gasteiger partial charge in [0, 0.05) is 5.02 Å². The summed E-state index contributed by atoms with van der Waals surface area (Å²) in [5, 5.41) is 5.20. The van der Waals surface area contributed by atoms with E-state index in [4.69, 9.17) is 46.4 Å². The average Bonchev–Trinajstić information content (AvgIpc) is 2.36. The number of hydrogen-bond donors (Lipinski definition) is 1. The number of rotatable bonds is 7. The molecule has 0 bridgehead atoms. The van der Waals surface area contributed by atoms with E-state index in [9.17, 15) is 0 Å². The molecule has 0 spiro atoms. The first-order chi connectivity index (χ1) is 8.97.